The molecule has 1 aliphatic rings. The van der Waals surface area contributed by atoms with Crippen LogP contribution in [0.2, 0.25) is 0 Å². The summed E-state index contributed by atoms with van der Waals surface area (Å²) in [4.78, 5) is 39.2. The summed E-state index contributed by atoms with van der Waals surface area (Å²) < 4.78 is 11.2. The summed E-state index contributed by atoms with van der Waals surface area (Å²) in [5.74, 6) is -0.381. The smallest absolute Gasteiger partial charge is 0.335 e. The van der Waals surface area contributed by atoms with Crippen molar-refractivity contribution in [1.82, 2.24) is 5.32 Å². The van der Waals surface area contributed by atoms with E-state index in [4.69, 9.17) is 9.47 Å². The van der Waals surface area contributed by atoms with Crippen LogP contribution in [0.3, 0.4) is 0 Å². The Hall–Kier alpha value is -3.87. The van der Waals surface area contributed by atoms with E-state index in [1.165, 1.54) is 13.2 Å². The highest BCUT2D eigenvalue weighted by molar-refractivity contribution is 6.39. The van der Waals surface area contributed by atoms with E-state index in [1.54, 1.807) is 30.3 Å². The molecule has 1 saturated heterocycles. The lowest BCUT2D eigenvalue weighted by molar-refractivity contribution is -0.122. The zero-order valence-corrected chi connectivity index (χ0v) is 18.7. The summed E-state index contributed by atoms with van der Waals surface area (Å²) >= 11 is 0. The SMILES string of the molecule is C=CCc1cc(/C=C2\C(=O)NC(=O)N(c3cc(C)cc(C)c3)C2=O)cc(OC)c1OCC. The third-order valence-electron chi connectivity index (χ3n) is 4.90. The first-order valence-electron chi connectivity index (χ1n) is 10.2. The molecule has 0 unspecified atom stereocenters. The third-order valence-corrected chi connectivity index (χ3v) is 4.90. The van der Waals surface area contributed by atoms with E-state index in [0.29, 0.717) is 35.8 Å². The van der Waals surface area contributed by atoms with Crippen molar-refractivity contribution >= 4 is 29.6 Å². The van der Waals surface area contributed by atoms with Crippen molar-refractivity contribution in [2.45, 2.75) is 27.2 Å². The molecule has 0 bridgehead atoms. The van der Waals surface area contributed by atoms with Crippen LogP contribution < -0.4 is 19.7 Å². The lowest BCUT2D eigenvalue weighted by Crippen LogP contribution is -2.54. The number of urea groups is 1. The molecule has 0 aliphatic carbocycles. The van der Waals surface area contributed by atoms with Gasteiger partial charge in [0.1, 0.15) is 5.57 Å². The summed E-state index contributed by atoms with van der Waals surface area (Å²) in [5.41, 5.74) is 3.41. The molecule has 1 aliphatic heterocycles. The number of nitrogens with one attached hydrogen (secondary N) is 1. The largest absolute Gasteiger partial charge is 0.493 e. The van der Waals surface area contributed by atoms with Gasteiger partial charge in [-0.1, -0.05) is 12.1 Å². The molecule has 166 valence electrons. The van der Waals surface area contributed by atoms with E-state index in [9.17, 15) is 14.4 Å². The van der Waals surface area contributed by atoms with Gasteiger partial charge in [0.2, 0.25) is 0 Å². The molecule has 3 rings (SSSR count). The lowest BCUT2D eigenvalue weighted by atomic mass is 10.0. The average Bonchev–Trinajstić information content (AvgIpc) is 2.72. The number of hydrogen-bond donors (Lipinski definition) is 1. The summed E-state index contributed by atoms with van der Waals surface area (Å²) in [6.07, 6.45) is 3.69. The van der Waals surface area contributed by atoms with Gasteiger partial charge >= 0.3 is 6.03 Å². The number of ether oxygens (including phenoxy) is 2. The Morgan fingerprint density at radius 3 is 2.34 bits per heavy atom. The van der Waals surface area contributed by atoms with E-state index in [1.807, 2.05) is 26.8 Å². The molecule has 4 amide bonds. The van der Waals surface area contributed by atoms with Gasteiger partial charge in [-0.3, -0.25) is 14.9 Å². The van der Waals surface area contributed by atoms with E-state index in [-0.39, 0.29) is 5.57 Å². The van der Waals surface area contributed by atoms with Crippen LogP contribution >= 0.6 is 0 Å². The first-order valence-corrected chi connectivity index (χ1v) is 10.2. The van der Waals surface area contributed by atoms with Gasteiger partial charge in [-0.25, -0.2) is 9.69 Å². The summed E-state index contributed by atoms with van der Waals surface area (Å²) in [5, 5.41) is 2.25. The number of amides is 4. The maximum atomic E-state index is 13.2. The molecule has 0 saturated carbocycles. The van der Waals surface area contributed by atoms with Gasteiger partial charge < -0.3 is 9.47 Å². The van der Waals surface area contributed by atoms with Crippen LogP contribution in [0.25, 0.3) is 6.08 Å². The van der Waals surface area contributed by atoms with Crippen molar-refractivity contribution in [2.24, 2.45) is 0 Å². The van der Waals surface area contributed by atoms with E-state index in [0.717, 1.165) is 21.6 Å². The summed E-state index contributed by atoms with van der Waals surface area (Å²) in [7, 11) is 1.52. The van der Waals surface area contributed by atoms with Gasteiger partial charge in [0.25, 0.3) is 11.8 Å². The van der Waals surface area contributed by atoms with Gasteiger partial charge in [-0.05, 0) is 74.2 Å². The Balaban J connectivity index is 2.09. The van der Waals surface area contributed by atoms with Crippen molar-refractivity contribution < 1.29 is 23.9 Å². The van der Waals surface area contributed by atoms with Crippen LogP contribution in [0, 0.1) is 13.8 Å². The Kier molecular flexibility index (Phi) is 6.78. The average molecular weight is 434 g/mol. The number of imide groups is 2. The quantitative estimate of drug-likeness (QED) is 0.403. The Morgan fingerprint density at radius 1 is 1.06 bits per heavy atom. The van der Waals surface area contributed by atoms with Crippen LogP contribution in [-0.2, 0) is 16.0 Å². The fourth-order valence-electron chi connectivity index (χ4n) is 3.67. The van der Waals surface area contributed by atoms with E-state index in [2.05, 4.69) is 11.9 Å². The van der Waals surface area contributed by atoms with Crippen molar-refractivity contribution in [2.75, 3.05) is 18.6 Å². The zero-order valence-electron chi connectivity index (χ0n) is 18.7. The highest BCUT2D eigenvalue weighted by atomic mass is 16.5. The molecule has 0 spiro atoms. The summed E-state index contributed by atoms with van der Waals surface area (Å²) in [6.45, 7) is 9.85. The van der Waals surface area contributed by atoms with Crippen molar-refractivity contribution in [3.63, 3.8) is 0 Å². The number of hydrogen-bond acceptors (Lipinski definition) is 5. The molecule has 0 radical (unpaired) electrons. The van der Waals surface area contributed by atoms with E-state index < -0.39 is 17.8 Å². The van der Waals surface area contributed by atoms with Crippen LogP contribution in [-0.4, -0.2) is 31.6 Å². The normalized spacial score (nSPS) is 15.1. The molecule has 2 aromatic carbocycles. The van der Waals surface area contributed by atoms with Crippen LogP contribution in [0.4, 0.5) is 10.5 Å². The number of rotatable bonds is 7. The standard InChI is InChI=1S/C25H26N2O5/c1-6-8-18-12-17(14-21(31-5)22(18)32-7-2)13-20-23(28)26-25(30)27(24(20)29)19-10-15(3)9-16(4)11-19/h6,9-14H,1,7-8H2,2-5H3,(H,26,28,30)/b20-13+. The Bertz CT molecular complexity index is 1110. The third kappa shape index (κ3) is 4.56. The number of benzene rings is 2. The van der Waals surface area contributed by atoms with Gasteiger partial charge in [-0.15, -0.1) is 6.58 Å². The Morgan fingerprint density at radius 2 is 1.75 bits per heavy atom. The predicted octanol–water partition coefficient (Wildman–Crippen LogP) is 4.11. The van der Waals surface area contributed by atoms with Crippen LogP contribution in [0.5, 0.6) is 11.5 Å². The number of anilines is 1. The summed E-state index contributed by atoms with van der Waals surface area (Å²) in [6, 6.07) is 8.09. The molecule has 1 N–H and O–H groups in total. The molecule has 32 heavy (non-hydrogen) atoms. The zero-order chi connectivity index (χ0) is 23.4. The van der Waals surface area contributed by atoms with Gasteiger partial charge in [0.05, 0.1) is 19.4 Å². The predicted molar refractivity (Wildman–Crippen MR) is 123 cm³/mol. The topological polar surface area (TPSA) is 84.9 Å². The maximum absolute atomic E-state index is 13.2. The van der Waals surface area contributed by atoms with Crippen molar-refractivity contribution in [3.8, 4) is 11.5 Å². The number of allylic oxidation sites excluding steroid dienone is 1. The van der Waals surface area contributed by atoms with E-state index >= 15 is 0 Å². The maximum Gasteiger partial charge on any atom is 0.335 e. The molecule has 1 fully saturated rings. The van der Waals surface area contributed by atoms with Crippen molar-refractivity contribution in [1.29, 1.82) is 0 Å². The van der Waals surface area contributed by atoms with Gasteiger partial charge in [-0.2, -0.15) is 0 Å². The highest BCUT2D eigenvalue weighted by Gasteiger charge is 2.37. The minimum Gasteiger partial charge on any atom is -0.493 e. The van der Waals surface area contributed by atoms with Gasteiger partial charge in [0.15, 0.2) is 11.5 Å². The van der Waals surface area contributed by atoms with Crippen LogP contribution in [0.1, 0.15) is 29.2 Å². The van der Waals surface area contributed by atoms with Crippen molar-refractivity contribution in [3.05, 3.63) is 70.8 Å². The number of methoxy groups -OCH3 is 1. The monoisotopic (exact) mass is 434 g/mol. The molecular weight excluding hydrogens is 408 g/mol. The highest BCUT2D eigenvalue weighted by Crippen LogP contribution is 2.35. The molecule has 0 aromatic heterocycles. The first-order chi connectivity index (χ1) is 15.3. The molecule has 1 heterocycles. The second-order valence-corrected chi connectivity index (χ2v) is 7.44. The minimum atomic E-state index is -0.779. The second kappa shape index (κ2) is 9.51. The number of barbiturate groups is 1. The fourth-order valence-corrected chi connectivity index (χ4v) is 3.67. The molecule has 0 atom stereocenters. The second-order valence-electron chi connectivity index (χ2n) is 7.44. The molecule has 7 heteroatoms. The molecule has 7 nitrogen and oxygen atoms in total. The number of nitrogens with zero attached hydrogens (tertiary/aromatic N) is 1. The Labute approximate surface area is 187 Å². The number of carbonyl (C=O) groups is 3. The number of aryl methyl sites for hydroxylation is 2. The lowest BCUT2D eigenvalue weighted by Gasteiger charge is -2.27. The number of carbonyl (C=O) groups excluding carboxylic acids is 3. The van der Waals surface area contributed by atoms with Gasteiger partial charge in [0, 0.05) is 5.56 Å². The fraction of sp³-hybridized carbons (Fsp3) is 0.240. The van der Waals surface area contributed by atoms with Crippen LogP contribution in [0.15, 0.2) is 48.6 Å². The molecule has 2 aromatic rings. The minimum absolute atomic E-state index is 0.153. The molecular formula is C25H26N2O5. The first kappa shape index (κ1) is 22.8.